The topological polar surface area (TPSA) is 78.0 Å². The number of hydrogen-bond donors (Lipinski definition) is 0. The SMILES string of the molecule is CN(CC(=O)N1CCCC(n2ccnc2)C1)c1ccc(C#N)cn1. The highest BCUT2D eigenvalue weighted by molar-refractivity contribution is 5.81. The van der Waals surface area contributed by atoms with Crippen LogP contribution in [0.25, 0.3) is 0 Å². The van der Waals surface area contributed by atoms with Gasteiger partial charge in [-0.3, -0.25) is 4.79 Å². The van der Waals surface area contributed by atoms with Crippen LogP contribution in [-0.4, -0.2) is 52.0 Å². The third kappa shape index (κ3) is 3.54. The van der Waals surface area contributed by atoms with Crippen LogP contribution in [0.5, 0.6) is 0 Å². The predicted octanol–water partition coefficient (Wildman–Crippen LogP) is 1.45. The third-order valence-corrected chi connectivity index (χ3v) is 4.34. The fraction of sp³-hybridized carbons (Fsp3) is 0.412. The Labute approximate surface area is 141 Å². The van der Waals surface area contributed by atoms with Gasteiger partial charge >= 0.3 is 0 Å². The number of anilines is 1. The number of amides is 1. The number of rotatable bonds is 4. The van der Waals surface area contributed by atoms with Gasteiger partial charge in [0.25, 0.3) is 0 Å². The van der Waals surface area contributed by atoms with E-state index in [4.69, 9.17) is 5.26 Å². The fourth-order valence-corrected chi connectivity index (χ4v) is 2.97. The maximum Gasteiger partial charge on any atom is 0.242 e. The normalized spacial score (nSPS) is 17.3. The lowest BCUT2D eigenvalue weighted by Gasteiger charge is -2.34. The lowest BCUT2D eigenvalue weighted by molar-refractivity contribution is -0.131. The molecule has 0 N–H and O–H groups in total. The van der Waals surface area contributed by atoms with Crippen LogP contribution in [0.1, 0.15) is 24.4 Å². The van der Waals surface area contributed by atoms with Crippen LogP contribution in [0, 0.1) is 11.3 Å². The maximum atomic E-state index is 12.6. The Morgan fingerprint density at radius 2 is 2.38 bits per heavy atom. The zero-order chi connectivity index (χ0) is 16.9. The summed E-state index contributed by atoms with van der Waals surface area (Å²) in [5.41, 5.74) is 0.512. The summed E-state index contributed by atoms with van der Waals surface area (Å²) in [5.74, 6) is 0.777. The van der Waals surface area contributed by atoms with Gasteiger partial charge in [0.05, 0.1) is 24.5 Å². The van der Waals surface area contributed by atoms with Crippen molar-refractivity contribution in [3.05, 3.63) is 42.6 Å². The Kier molecular flexibility index (Phi) is 4.75. The van der Waals surface area contributed by atoms with Crippen molar-refractivity contribution in [3.63, 3.8) is 0 Å². The standard InChI is InChI=1S/C17H20N6O/c1-21(16-5-4-14(9-18)10-20-16)12-17(24)22-7-2-3-15(11-22)23-8-6-19-13-23/h4-6,8,10,13,15H,2-3,7,11-12H2,1H3. The quantitative estimate of drug-likeness (QED) is 0.850. The van der Waals surface area contributed by atoms with Gasteiger partial charge in [-0.25, -0.2) is 9.97 Å². The monoisotopic (exact) mass is 324 g/mol. The van der Waals surface area contributed by atoms with Gasteiger partial charge in [0.15, 0.2) is 0 Å². The Bertz CT molecular complexity index is 719. The highest BCUT2D eigenvalue weighted by atomic mass is 16.2. The van der Waals surface area contributed by atoms with E-state index >= 15 is 0 Å². The number of hydrogen-bond acceptors (Lipinski definition) is 5. The van der Waals surface area contributed by atoms with Crippen molar-refractivity contribution in [1.29, 1.82) is 5.26 Å². The van der Waals surface area contributed by atoms with E-state index in [1.54, 1.807) is 18.3 Å². The molecule has 1 saturated heterocycles. The maximum absolute atomic E-state index is 12.6. The number of nitrogens with zero attached hydrogens (tertiary/aromatic N) is 6. The molecule has 1 aliphatic rings. The predicted molar refractivity (Wildman–Crippen MR) is 89.3 cm³/mol. The molecule has 0 saturated carbocycles. The molecular weight excluding hydrogens is 304 g/mol. The third-order valence-electron chi connectivity index (χ3n) is 4.34. The van der Waals surface area contributed by atoms with Gasteiger partial charge in [-0.2, -0.15) is 5.26 Å². The first-order valence-corrected chi connectivity index (χ1v) is 8.00. The van der Waals surface area contributed by atoms with Crippen molar-refractivity contribution in [3.8, 4) is 6.07 Å². The Morgan fingerprint density at radius 1 is 1.50 bits per heavy atom. The van der Waals surface area contributed by atoms with Gasteiger partial charge in [-0.15, -0.1) is 0 Å². The summed E-state index contributed by atoms with van der Waals surface area (Å²) in [5, 5.41) is 8.82. The first kappa shape index (κ1) is 16.0. The van der Waals surface area contributed by atoms with Crippen LogP contribution in [0.2, 0.25) is 0 Å². The molecule has 1 amide bonds. The first-order valence-electron chi connectivity index (χ1n) is 8.00. The summed E-state index contributed by atoms with van der Waals surface area (Å²) in [7, 11) is 1.84. The molecule has 1 aliphatic heterocycles. The lowest BCUT2D eigenvalue weighted by atomic mass is 10.1. The van der Waals surface area contributed by atoms with Crippen molar-refractivity contribution >= 4 is 11.7 Å². The smallest absolute Gasteiger partial charge is 0.242 e. The van der Waals surface area contributed by atoms with Gasteiger partial charge < -0.3 is 14.4 Å². The zero-order valence-electron chi connectivity index (χ0n) is 13.7. The van der Waals surface area contributed by atoms with Crippen molar-refractivity contribution in [2.75, 3.05) is 31.6 Å². The van der Waals surface area contributed by atoms with E-state index in [1.807, 2.05) is 35.4 Å². The molecule has 24 heavy (non-hydrogen) atoms. The van der Waals surface area contributed by atoms with Crippen molar-refractivity contribution < 1.29 is 4.79 Å². The minimum atomic E-state index is 0.0912. The largest absolute Gasteiger partial charge is 0.350 e. The molecule has 1 fully saturated rings. The summed E-state index contributed by atoms with van der Waals surface area (Å²) in [6.07, 6.45) is 9.11. The second kappa shape index (κ2) is 7.13. The fourth-order valence-electron chi connectivity index (χ4n) is 2.97. The van der Waals surface area contributed by atoms with Gasteiger partial charge in [-0.1, -0.05) is 0 Å². The summed E-state index contributed by atoms with van der Waals surface area (Å²) < 4.78 is 2.07. The highest BCUT2D eigenvalue weighted by Crippen LogP contribution is 2.21. The number of aromatic nitrogens is 3. The lowest BCUT2D eigenvalue weighted by Crippen LogP contribution is -2.45. The number of carbonyl (C=O) groups excluding carboxylic acids is 1. The molecule has 3 rings (SSSR count). The van der Waals surface area contributed by atoms with E-state index in [2.05, 4.69) is 14.5 Å². The first-order chi connectivity index (χ1) is 11.7. The molecule has 0 radical (unpaired) electrons. The summed E-state index contributed by atoms with van der Waals surface area (Å²) >= 11 is 0. The minimum absolute atomic E-state index is 0.0912. The molecule has 3 heterocycles. The van der Waals surface area contributed by atoms with Gasteiger partial charge in [0, 0.05) is 38.7 Å². The van der Waals surface area contributed by atoms with Crippen LogP contribution in [0.4, 0.5) is 5.82 Å². The number of carbonyl (C=O) groups is 1. The molecule has 7 heteroatoms. The molecule has 1 unspecified atom stereocenters. The Balaban J connectivity index is 1.60. The van der Waals surface area contributed by atoms with Crippen LogP contribution in [-0.2, 0) is 4.79 Å². The number of nitriles is 1. The van der Waals surface area contributed by atoms with E-state index < -0.39 is 0 Å². The molecule has 2 aromatic rings. The van der Waals surface area contributed by atoms with E-state index in [0.717, 1.165) is 19.4 Å². The summed E-state index contributed by atoms with van der Waals surface area (Å²) in [6, 6.07) is 5.80. The summed E-state index contributed by atoms with van der Waals surface area (Å²) in [6.45, 7) is 1.78. The van der Waals surface area contributed by atoms with Crippen molar-refractivity contribution in [2.24, 2.45) is 0 Å². The minimum Gasteiger partial charge on any atom is -0.350 e. The van der Waals surface area contributed by atoms with Gasteiger partial charge in [-0.05, 0) is 25.0 Å². The number of imidazole rings is 1. The van der Waals surface area contributed by atoms with E-state index in [0.29, 0.717) is 24.0 Å². The molecular formula is C17H20N6O. The van der Waals surface area contributed by atoms with Crippen LogP contribution < -0.4 is 4.90 Å². The Morgan fingerprint density at radius 3 is 3.04 bits per heavy atom. The van der Waals surface area contributed by atoms with Gasteiger partial charge in [0.1, 0.15) is 11.9 Å². The van der Waals surface area contributed by atoms with E-state index in [9.17, 15) is 4.79 Å². The van der Waals surface area contributed by atoms with E-state index in [-0.39, 0.29) is 12.5 Å². The van der Waals surface area contributed by atoms with Crippen LogP contribution in [0.3, 0.4) is 0 Å². The van der Waals surface area contributed by atoms with Crippen LogP contribution >= 0.6 is 0 Å². The number of likely N-dealkylation sites (tertiary alicyclic amines) is 1. The molecule has 124 valence electrons. The average molecular weight is 324 g/mol. The number of pyridine rings is 1. The van der Waals surface area contributed by atoms with E-state index in [1.165, 1.54) is 6.20 Å². The van der Waals surface area contributed by atoms with Crippen LogP contribution in [0.15, 0.2) is 37.1 Å². The molecule has 0 bridgehead atoms. The van der Waals surface area contributed by atoms with Crippen molar-refractivity contribution in [1.82, 2.24) is 19.4 Å². The van der Waals surface area contributed by atoms with Gasteiger partial charge in [0.2, 0.25) is 5.91 Å². The average Bonchev–Trinajstić information content (AvgIpc) is 3.16. The highest BCUT2D eigenvalue weighted by Gasteiger charge is 2.25. The second-order valence-electron chi connectivity index (χ2n) is 6.02. The molecule has 0 aliphatic carbocycles. The second-order valence-corrected chi connectivity index (χ2v) is 6.02. The molecule has 0 aromatic carbocycles. The summed E-state index contributed by atoms with van der Waals surface area (Å²) in [4.78, 5) is 24.6. The zero-order valence-corrected chi connectivity index (χ0v) is 13.7. The number of likely N-dealkylation sites (N-methyl/N-ethyl adjacent to an activating group) is 1. The molecule has 0 spiro atoms. The van der Waals surface area contributed by atoms with Crippen molar-refractivity contribution in [2.45, 2.75) is 18.9 Å². The number of piperidine rings is 1. The Hall–Kier alpha value is -2.88. The molecule has 1 atom stereocenters. The molecule has 2 aromatic heterocycles. The molecule has 7 nitrogen and oxygen atoms in total.